The van der Waals surface area contributed by atoms with E-state index in [1.54, 1.807) is 324 Å². The van der Waals surface area contributed by atoms with Crippen molar-refractivity contribution in [1.29, 1.82) is 0 Å². The van der Waals surface area contributed by atoms with Crippen molar-refractivity contribution in [2.24, 2.45) is 7.05 Å². The highest BCUT2D eigenvalue weighted by Gasteiger charge is 2.75. The monoisotopic (exact) mass is 977 g/mol. The van der Waals surface area contributed by atoms with Gasteiger partial charge < -0.3 is 4.57 Å². The molecule has 1 nitrogen and oxygen atoms in total. The molecule has 1 atom stereocenters. The lowest BCUT2D eigenvalue weighted by Crippen LogP contribution is -2.55. The average Bonchev–Trinajstić information content (AvgIpc) is 1.76. The van der Waals surface area contributed by atoms with Crippen LogP contribution in [0.25, 0.3) is 302 Å². The van der Waals surface area contributed by atoms with Crippen LogP contribution in [0.2, 0.25) is 0 Å². The summed E-state index contributed by atoms with van der Waals surface area (Å²) in [6.07, 6.45) is 0. The number of aromatic nitrogens is 1. The molecule has 2 spiro atoms. The molecule has 1 unspecified atom stereocenters. The van der Waals surface area contributed by atoms with Gasteiger partial charge in [-0.1, -0.05) is 36.0 Å². The lowest BCUT2D eigenvalue weighted by molar-refractivity contribution is 0.379. The van der Waals surface area contributed by atoms with Crippen LogP contribution in [0.3, 0.4) is 0 Å². The highest BCUT2D eigenvalue weighted by atomic mass is 32.2. The van der Waals surface area contributed by atoms with Crippen LogP contribution in [-0.2, 0) is 17.2 Å². The van der Waals surface area contributed by atoms with Crippen molar-refractivity contribution in [2.75, 3.05) is 0 Å². The summed E-state index contributed by atoms with van der Waals surface area (Å²) in [4.78, 5) is 1.56. The number of thioether (sulfide) groups is 1. The lowest BCUT2D eigenvalue weighted by Gasteiger charge is -2.59. The first-order valence-corrected chi connectivity index (χ1v) is 30.1. The molecule has 31 aromatic rings. The van der Waals surface area contributed by atoms with Crippen LogP contribution in [0.5, 0.6) is 0 Å². The zero-order valence-corrected chi connectivity index (χ0v) is 41.0. The Morgan fingerprint density at radius 3 is 0.870 bits per heavy atom. The second kappa shape index (κ2) is 6.88. The molecule has 0 saturated heterocycles. The average molecular weight is 978 g/mol. The Morgan fingerprint density at radius 1 is 0.312 bits per heavy atom. The summed E-state index contributed by atoms with van der Waals surface area (Å²) in [7, 11) is 2.45. The molecule has 2 aromatic heterocycles. The van der Waals surface area contributed by atoms with Crippen molar-refractivity contribution in [3.05, 3.63) is 74.5 Å². The Labute approximate surface area is 429 Å². The van der Waals surface area contributed by atoms with Crippen LogP contribution in [0.4, 0.5) is 0 Å². The van der Waals surface area contributed by atoms with Crippen LogP contribution >= 0.6 is 23.1 Å². The third-order valence-corrected chi connectivity index (χ3v) is 29.8. The van der Waals surface area contributed by atoms with Crippen molar-refractivity contribution in [3.63, 3.8) is 0 Å². The zero-order chi connectivity index (χ0) is 45.9. The van der Waals surface area contributed by atoms with Crippen LogP contribution in [0.1, 0.15) is 38.6 Å². The minimum atomic E-state index is -0.415. The van der Waals surface area contributed by atoms with Gasteiger partial charge in [-0.2, -0.15) is 0 Å². The van der Waals surface area contributed by atoms with E-state index in [9.17, 15) is 0 Å². The zero-order valence-electron chi connectivity index (χ0n) is 39.4. The van der Waals surface area contributed by atoms with Gasteiger partial charge in [-0.25, -0.2) is 0 Å². The number of aryl methyl sites for hydroxylation is 1. The van der Waals surface area contributed by atoms with E-state index in [4.69, 9.17) is 0 Å². The van der Waals surface area contributed by atoms with Gasteiger partial charge >= 0.3 is 0 Å². The number of benzene rings is 19. The smallest absolute Gasteiger partial charge is 0.0890 e. The Balaban J connectivity index is 1.11. The predicted octanol–water partition coefficient (Wildman–Crippen LogP) is 20.7. The van der Waals surface area contributed by atoms with Gasteiger partial charge in [0, 0.05) is 34.3 Å². The first-order valence-electron chi connectivity index (χ1n) is 28.4. The summed E-state index contributed by atoms with van der Waals surface area (Å²) in [6.45, 7) is 0. The van der Waals surface area contributed by atoms with Crippen LogP contribution in [0.15, 0.2) is 46.8 Å². The standard InChI is InChI=1S/C74H11NS2/c1-75-10-6-3-2-5-9(10)12-67(11-7-4-8-76-11)73-68-59-51-41-31-23-15-13-14-17-21-19(15)27-35-29(21)39-33-25(17)26-18(14)22-20-16(13)24(23)32-38-28(20)36-30(22)40-34(26)44-43(33)55-49(39)57-47(35)53(45(51)37(27)31)61(68)63(57)70-65(55)66-56(44)50(40)58-48(36)54-46(38)52(42(32)41)60(59)69(73)62(54)64(58)71(66)74(70,73)77-72(12)75/h2-8,67H,1H3. The molecule has 3 heterocycles. The van der Waals surface area contributed by atoms with Crippen molar-refractivity contribution >= 4 is 325 Å². The summed E-state index contributed by atoms with van der Waals surface area (Å²) >= 11 is 4.45. The molecule has 36 rings (SSSR count). The Bertz CT molecular complexity index is 7900. The fourth-order valence-electron chi connectivity index (χ4n) is 26.9. The molecule has 1 aliphatic heterocycles. The Hall–Kier alpha value is -8.73. The van der Waals surface area contributed by atoms with E-state index in [2.05, 4.69) is 76.5 Å². The third-order valence-electron chi connectivity index (χ3n) is 27.2. The summed E-state index contributed by atoms with van der Waals surface area (Å²) in [6, 6.07) is 14.7. The molecule has 0 saturated carbocycles. The first-order chi connectivity index (χ1) is 38.3. The maximum absolute atomic E-state index is 2.69. The molecule has 0 fully saturated rings. The van der Waals surface area contributed by atoms with Crippen LogP contribution in [0, 0.1) is 0 Å². The summed E-state index contributed by atoms with van der Waals surface area (Å²) in [5, 5.41) is 95.4. The van der Waals surface area contributed by atoms with Gasteiger partial charge in [0.15, 0.2) is 0 Å². The number of para-hydroxylation sites is 1. The number of thiophene rings is 1. The van der Waals surface area contributed by atoms with E-state index in [1.807, 2.05) is 0 Å². The third kappa shape index (κ3) is 1.65. The maximum atomic E-state index is 2.69. The molecule has 29 aromatic carbocycles. The molecule has 77 heavy (non-hydrogen) atoms. The van der Waals surface area contributed by atoms with Gasteiger partial charge in [-0.15, -0.1) is 11.3 Å². The minimum Gasteiger partial charge on any atom is -0.339 e. The fourth-order valence-corrected chi connectivity index (χ4v) is 29.7. The van der Waals surface area contributed by atoms with Gasteiger partial charge in [-0.3, -0.25) is 0 Å². The maximum Gasteiger partial charge on any atom is 0.0890 e. The Morgan fingerprint density at radius 2 is 0.584 bits per heavy atom. The van der Waals surface area contributed by atoms with E-state index in [-0.39, 0.29) is 5.92 Å². The molecule has 0 bridgehead atoms. The lowest BCUT2D eigenvalue weighted by atomic mass is 9.50. The molecule has 0 radical (unpaired) electrons. The second-order valence-corrected chi connectivity index (χ2v) is 29.8. The molecule has 324 valence electrons. The van der Waals surface area contributed by atoms with Crippen molar-refractivity contribution in [1.82, 2.24) is 4.57 Å². The SMILES string of the molecule is Cn1c2c(c3ccccc31)C(c1cccs1)C13c4c5c6c7c8c9c(c%10c%11c1c1c4c4c%12c5c5c6c6c8c8c%13c9c9c%10c%10c%11c%11c1c1c4c4c%12c%12c5c5c6c8c6c8c%13c9c9c%10c%10c%11c1c1c4c4c%12c5c6c5c8c9c%10c1c45)C73S2. The second-order valence-electron chi connectivity index (χ2n) is 27.6. The van der Waals surface area contributed by atoms with Crippen molar-refractivity contribution < 1.29 is 0 Å². The molecule has 4 aliphatic carbocycles. The van der Waals surface area contributed by atoms with Crippen molar-refractivity contribution in [2.45, 2.75) is 21.1 Å². The van der Waals surface area contributed by atoms with Gasteiger partial charge in [0.05, 0.1) is 15.2 Å². The van der Waals surface area contributed by atoms with Gasteiger partial charge in [0.1, 0.15) is 0 Å². The predicted molar refractivity (Wildman–Crippen MR) is 329 cm³/mol. The fraction of sp³-hybridized carbons (Fsp3) is 0.0541. The van der Waals surface area contributed by atoms with E-state index in [0.29, 0.717) is 0 Å². The molecule has 3 heteroatoms. The number of hydrogen-bond donors (Lipinski definition) is 0. The molecular formula is C74H11NS2. The number of rotatable bonds is 1. The quantitative estimate of drug-likeness (QED) is 0.148. The van der Waals surface area contributed by atoms with E-state index < -0.39 is 10.2 Å². The molecule has 0 amide bonds. The van der Waals surface area contributed by atoms with Crippen LogP contribution < -0.4 is 0 Å². The molecule has 5 aliphatic rings. The Kier molecular flexibility index (Phi) is 2.64. The summed E-state index contributed by atoms with van der Waals surface area (Å²) < 4.78 is 2.28. The minimum absolute atomic E-state index is 0.112. The number of nitrogens with zero attached hydrogens (tertiary/aromatic N) is 1. The largest absolute Gasteiger partial charge is 0.339 e. The normalized spacial score (nSPS) is 22.5. The van der Waals surface area contributed by atoms with Crippen molar-refractivity contribution in [3.8, 4) is 0 Å². The first kappa shape index (κ1) is 29.5. The van der Waals surface area contributed by atoms with Gasteiger partial charge in [0.2, 0.25) is 0 Å². The molecule has 0 N–H and O–H groups in total. The highest BCUT2D eigenvalue weighted by molar-refractivity contribution is 8.00. The van der Waals surface area contributed by atoms with E-state index in [1.165, 1.54) is 15.9 Å². The van der Waals surface area contributed by atoms with Gasteiger partial charge in [-0.05, 0) is 331 Å². The summed E-state index contributed by atoms with van der Waals surface area (Å²) in [5.74, 6) is 0.112. The van der Waals surface area contributed by atoms with E-state index in [0.717, 1.165) is 0 Å². The molecular weight excluding hydrogens is 967 g/mol. The topological polar surface area (TPSA) is 4.93 Å². The highest BCUT2D eigenvalue weighted by Crippen LogP contribution is 2.89. The van der Waals surface area contributed by atoms with E-state index >= 15 is 0 Å². The number of hydrogen-bond acceptors (Lipinski definition) is 2. The van der Waals surface area contributed by atoms with Gasteiger partial charge in [0.25, 0.3) is 0 Å². The van der Waals surface area contributed by atoms with Crippen LogP contribution in [-0.4, -0.2) is 4.57 Å². The summed E-state index contributed by atoms with van der Waals surface area (Å²) in [5.41, 5.74) is 9.58. The number of fused-ring (bicyclic) bond motifs is 3.